The van der Waals surface area contributed by atoms with E-state index in [-0.39, 0.29) is 18.0 Å². The number of aliphatic imine (C=N–C) groups is 1. The molecule has 0 spiro atoms. The summed E-state index contributed by atoms with van der Waals surface area (Å²) in [6, 6.07) is 8.64. The van der Waals surface area contributed by atoms with E-state index < -0.39 is 0 Å². The number of hydrogen-bond donors (Lipinski definition) is 1. The maximum absolute atomic E-state index is 13.2. The van der Waals surface area contributed by atoms with Crippen LogP contribution in [-0.2, 0) is 11.3 Å². The van der Waals surface area contributed by atoms with Gasteiger partial charge in [-0.1, -0.05) is 12.1 Å². The third-order valence-corrected chi connectivity index (χ3v) is 4.95. The lowest BCUT2D eigenvalue weighted by Gasteiger charge is -2.38. The van der Waals surface area contributed by atoms with Crippen LogP contribution in [0.4, 0.5) is 4.39 Å². The number of nitrogens with one attached hydrogen (secondary N) is 1. The van der Waals surface area contributed by atoms with Crippen LogP contribution < -0.4 is 5.32 Å². The van der Waals surface area contributed by atoms with Gasteiger partial charge in [0.05, 0.1) is 18.3 Å². The van der Waals surface area contributed by atoms with Crippen LogP contribution in [0, 0.1) is 19.7 Å². The van der Waals surface area contributed by atoms with Gasteiger partial charge in [-0.2, -0.15) is 5.10 Å². The maximum Gasteiger partial charge on any atom is 0.193 e. The van der Waals surface area contributed by atoms with Crippen LogP contribution in [0.1, 0.15) is 36.4 Å². The fourth-order valence-electron chi connectivity index (χ4n) is 3.65. The highest BCUT2D eigenvalue weighted by molar-refractivity contribution is 5.80. The van der Waals surface area contributed by atoms with Gasteiger partial charge in [0.1, 0.15) is 11.9 Å². The van der Waals surface area contributed by atoms with Crippen LogP contribution in [0.3, 0.4) is 0 Å². The summed E-state index contributed by atoms with van der Waals surface area (Å²) in [5.41, 5.74) is 3.22. The molecule has 1 aliphatic heterocycles. The summed E-state index contributed by atoms with van der Waals surface area (Å²) in [4.78, 5) is 6.66. The van der Waals surface area contributed by atoms with Crippen molar-refractivity contribution >= 4 is 5.96 Å². The molecule has 28 heavy (non-hydrogen) atoms. The highest BCUT2D eigenvalue weighted by atomic mass is 19.1. The molecule has 0 amide bonds. The van der Waals surface area contributed by atoms with Crippen molar-refractivity contribution in [2.75, 3.05) is 26.7 Å². The predicted molar refractivity (Wildman–Crippen MR) is 109 cm³/mol. The van der Waals surface area contributed by atoms with Crippen molar-refractivity contribution in [1.82, 2.24) is 20.0 Å². The second-order valence-corrected chi connectivity index (χ2v) is 7.37. The van der Waals surface area contributed by atoms with Crippen LogP contribution >= 0.6 is 0 Å². The van der Waals surface area contributed by atoms with Crippen LogP contribution in [0.25, 0.3) is 0 Å². The molecule has 0 radical (unpaired) electrons. The van der Waals surface area contributed by atoms with E-state index >= 15 is 0 Å². The van der Waals surface area contributed by atoms with E-state index in [1.165, 1.54) is 17.8 Å². The van der Waals surface area contributed by atoms with Crippen molar-refractivity contribution in [3.05, 3.63) is 53.1 Å². The summed E-state index contributed by atoms with van der Waals surface area (Å²) in [6.07, 6.45) is 0.928. The SMILES string of the molecule is CN=C(NCCCn1nc(C)cc1C)N1CC(C)OC(c2ccc(F)cc2)C1. The van der Waals surface area contributed by atoms with Crippen molar-refractivity contribution in [3.63, 3.8) is 0 Å². The van der Waals surface area contributed by atoms with Gasteiger partial charge in [0, 0.05) is 32.4 Å². The molecule has 2 unspecified atom stereocenters. The number of morpholine rings is 1. The molecule has 2 atom stereocenters. The Bertz CT molecular complexity index is 802. The molecule has 2 heterocycles. The second kappa shape index (κ2) is 9.19. The lowest BCUT2D eigenvalue weighted by atomic mass is 10.1. The molecule has 7 heteroatoms. The van der Waals surface area contributed by atoms with Crippen molar-refractivity contribution in [2.45, 2.75) is 45.9 Å². The van der Waals surface area contributed by atoms with Crippen LogP contribution in [0.2, 0.25) is 0 Å². The molecule has 1 saturated heterocycles. The van der Waals surface area contributed by atoms with E-state index in [9.17, 15) is 4.39 Å². The van der Waals surface area contributed by atoms with Gasteiger partial charge in [0.2, 0.25) is 0 Å². The second-order valence-electron chi connectivity index (χ2n) is 7.37. The Morgan fingerprint density at radius 3 is 2.68 bits per heavy atom. The molecule has 1 N–H and O–H groups in total. The van der Waals surface area contributed by atoms with E-state index in [0.29, 0.717) is 6.54 Å². The number of guanidine groups is 1. The zero-order valence-electron chi connectivity index (χ0n) is 17.2. The van der Waals surface area contributed by atoms with Crippen molar-refractivity contribution in [3.8, 4) is 0 Å². The Balaban J connectivity index is 1.55. The van der Waals surface area contributed by atoms with Gasteiger partial charge < -0.3 is 15.0 Å². The summed E-state index contributed by atoms with van der Waals surface area (Å²) < 4.78 is 21.3. The molecule has 1 aliphatic rings. The van der Waals surface area contributed by atoms with E-state index in [2.05, 4.69) is 40.2 Å². The van der Waals surface area contributed by atoms with Crippen molar-refractivity contribution < 1.29 is 9.13 Å². The number of benzene rings is 1. The van der Waals surface area contributed by atoms with Gasteiger partial charge in [0.15, 0.2) is 5.96 Å². The molecule has 2 aromatic rings. The van der Waals surface area contributed by atoms with E-state index in [4.69, 9.17) is 4.74 Å². The minimum atomic E-state index is -0.232. The summed E-state index contributed by atoms with van der Waals surface area (Å²) in [6.45, 7) is 9.30. The third-order valence-electron chi connectivity index (χ3n) is 4.95. The quantitative estimate of drug-likeness (QED) is 0.487. The number of aryl methyl sites for hydroxylation is 3. The monoisotopic (exact) mass is 387 g/mol. The number of halogens is 1. The fourth-order valence-corrected chi connectivity index (χ4v) is 3.65. The molecule has 0 saturated carbocycles. The van der Waals surface area contributed by atoms with Crippen LogP contribution in [-0.4, -0.2) is 53.4 Å². The zero-order valence-corrected chi connectivity index (χ0v) is 17.2. The summed E-state index contributed by atoms with van der Waals surface area (Å²) in [7, 11) is 1.80. The molecule has 152 valence electrons. The summed E-state index contributed by atoms with van der Waals surface area (Å²) in [5.74, 6) is 0.639. The Morgan fingerprint density at radius 2 is 2.04 bits per heavy atom. The lowest BCUT2D eigenvalue weighted by Crippen LogP contribution is -2.50. The van der Waals surface area contributed by atoms with Gasteiger partial charge in [0.25, 0.3) is 0 Å². The molecule has 6 nitrogen and oxygen atoms in total. The first-order valence-corrected chi connectivity index (χ1v) is 9.84. The molecule has 0 bridgehead atoms. The van der Waals surface area contributed by atoms with Crippen molar-refractivity contribution in [2.24, 2.45) is 4.99 Å². The molecule has 0 aliphatic carbocycles. The number of ether oxygens (including phenoxy) is 1. The molecular formula is C21H30FN5O. The fraction of sp³-hybridized carbons (Fsp3) is 0.524. The average Bonchev–Trinajstić information content (AvgIpc) is 2.99. The average molecular weight is 388 g/mol. The Labute approximate surface area is 166 Å². The van der Waals surface area contributed by atoms with Crippen molar-refractivity contribution in [1.29, 1.82) is 0 Å². The van der Waals surface area contributed by atoms with Crippen LogP contribution in [0.15, 0.2) is 35.3 Å². The first kappa shape index (κ1) is 20.3. The Kier molecular flexibility index (Phi) is 6.67. The number of nitrogens with zero attached hydrogens (tertiary/aromatic N) is 4. The van der Waals surface area contributed by atoms with Gasteiger partial charge in [-0.25, -0.2) is 4.39 Å². The maximum atomic E-state index is 13.2. The third kappa shape index (κ3) is 5.10. The summed E-state index contributed by atoms with van der Waals surface area (Å²) in [5, 5.41) is 7.96. The van der Waals surface area contributed by atoms with Crippen LogP contribution in [0.5, 0.6) is 0 Å². The number of hydrogen-bond acceptors (Lipinski definition) is 3. The topological polar surface area (TPSA) is 54.7 Å². The normalized spacial score (nSPS) is 20.5. The first-order valence-electron chi connectivity index (χ1n) is 9.84. The van der Waals surface area contributed by atoms with E-state index in [1.807, 2.05) is 11.6 Å². The number of rotatable bonds is 5. The van der Waals surface area contributed by atoms with E-state index in [1.54, 1.807) is 19.2 Å². The minimum absolute atomic E-state index is 0.0667. The highest BCUT2D eigenvalue weighted by Gasteiger charge is 2.28. The predicted octanol–water partition coefficient (Wildman–Crippen LogP) is 3.07. The summed E-state index contributed by atoms with van der Waals surface area (Å²) >= 11 is 0. The molecule has 3 rings (SSSR count). The zero-order chi connectivity index (χ0) is 20.1. The molecule has 1 aromatic carbocycles. The molecule has 1 aromatic heterocycles. The molecular weight excluding hydrogens is 357 g/mol. The highest BCUT2D eigenvalue weighted by Crippen LogP contribution is 2.25. The number of aromatic nitrogens is 2. The molecule has 1 fully saturated rings. The lowest BCUT2D eigenvalue weighted by molar-refractivity contribution is -0.0605. The van der Waals surface area contributed by atoms with Gasteiger partial charge >= 0.3 is 0 Å². The Morgan fingerprint density at radius 1 is 1.29 bits per heavy atom. The van der Waals surface area contributed by atoms with Gasteiger partial charge in [-0.3, -0.25) is 9.67 Å². The van der Waals surface area contributed by atoms with Gasteiger partial charge in [-0.15, -0.1) is 0 Å². The van der Waals surface area contributed by atoms with E-state index in [0.717, 1.165) is 43.3 Å². The minimum Gasteiger partial charge on any atom is -0.367 e. The smallest absolute Gasteiger partial charge is 0.193 e. The Hall–Kier alpha value is -2.41. The van der Waals surface area contributed by atoms with Gasteiger partial charge in [-0.05, 0) is 51.0 Å². The standard InChI is InChI=1S/C21H30FN5O/c1-15-12-16(2)27(25-15)11-5-10-24-21(23-4)26-13-17(3)28-20(14-26)18-6-8-19(22)9-7-18/h6-9,12,17,20H,5,10-11,13-14H2,1-4H3,(H,23,24). The largest absolute Gasteiger partial charge is 0.367 e. The first-order chi connectivity index (χ1) is 13.5.